The molecule has 172 valence electrons. The second-order valence-corrected chi connectivity index (χ2v) is 8.31. The van der Waals surface area contributed by atoms with Gasteiger partial charge < -0.3 is 24.4 Å². The molecule has 3 rings (SSSR count). The van der Waals surface area contributed by atoms with Crippen LogP contribution in [0.4, 0.5) is 10.5 Å². The largest absolute Gasteiger partial charge is 0.462 e. The summed E-state index contributed by atoms with van der Waals surface area (Å²) in [6.07, 6.45) is 3.96. The number of rotatable bonds is 9. The van der Waals surface area contributed by atoms with Crippen molar-refractivity contribution in [2.75, 3.05) is 18.5 Å². The second kappa shape index (κ2) is 10.3. The molecule has 1 N–H and O–H groups in total. The molecule has 1 fully saturated rings. The summed E-state index contributed by atoms with van der Waals surface area (Å²) in [4.78, 5) is 41.3. The number of urea groups is 1. The van der Waals surface area contributed by atoms with Gasteiger partial charge in [0.1, 0.15) is 6.54 Å². The maximum absolute atomic E-state index is 13.2. The van der Waals surface area contributed by atoms with E-state index < -0.39 is 5.97 Å². The normalized spacial score (nSPS) is 13.0. The van der Waals surface area contributed by atoms with E-state index in [0.717, 1.165) is 18.5 Å². The Bertz CT molecular complexity index is 947. The Morgan fingerprint density at radius 1 is 1.16 bits per heavy atom. The molecule has 8 nitrogen and oxygen atoms in total. The molecule has 0 saturated heterocycles. The van der Waals surface area contributed by atoms with E-state index in [9.17, 15) is 14.4 Å². The van der Waals surface area contributed by atoms with E-state index in [1.807, 2.05) is 48.7 Å². The predicted octanol–water partition coefficient (Wildman–Crippen LogP) is 3.64. The summed E-state index contributed by atoms with van der Waals surface area (Å²) in [7, 11) is 1.96. The standard InChI is InChI=1S/C24H32N4O4/c1-5-32-23(30)18-8-10-19(11-9-18)25-24(31)27(17(2)3)16-22(29)28(20-12-13-20)15-21-7-6-14-26(21)4/h6-11,14,17,20H,5,12-13,15-16H2,1-4H3,(H,25,31). The van der Waals surface area contributed by atoms with Gasteiger partial charge in [0, 0.05) is 36.7 Å². The first-order valence-corrected chi connectivity index (χ1v) is 11.0. The molecule has 1 heterocycles. The number of hydrogen-bond donors (Lipinski definition) is 1. The van der Waals surface area contributed by atoms with Gasteiger partial charge >= 0.3 is 12.0 Å². The predicted molar refractivity (Wildman–Crippen MR) is 122 cm³/mol. The number of nitrogens with zero attached hydrogens (tertiary/aromatic N) is 3. The molecule has 0 radical (unpaired) electrons. The summed E-state index contributed by atoms with van der Waals surface area (Å²) in [6, 6.07) is 10.2. The third-order valence-corrected chi connectivity index (χ3v) is 5.53. The number of carbonyl (C=O) groups is 3. The van der Waals surface area contributed by atoms with E-state index in [-0.39, 0.29) is 30.6 Å². The number of esters is 1. The number of hydrogen-bond acceptors (Lipinski definition) is 4. The van der Waals surface area contributed by atoms with Crippen LogP contribution in [0.25, 0.3) is 0 Å². The fraction of sp³-hybridized carbons (Fsp3) is 0.458. The van der Waals surface area contributed by atoms with Crippen LogP contribution in [-0.2, 0) is 23.1 Å². The third kappa shape index (κ3) is 5.90. The molecule has 8 heteroatoms. The van der Waals surface area contributed by atoms with Crippen LogP contribution in [-0.4, -0.2) is 57.5 Å². The van der Waals surface area contributed by atoms with E-state index in [4.69, 9.17) is 4.74 Å². The molecule has 0 spiro atoms. The molecule has 0 atom stereocenters. The summed E-state index contributed by atoms with van der Waals surface area (Å²) in [6.45, 7) is 6.36. The van der Waals surface area contributed by atoms with Crippen molar-refractivity contribution in [3.8, 4) is 0 Å². The highest BCUT2D eigenvalue weighted by atomic mass is 16.5. The number of aromatic nitrogens is 1. The minimum Gasteiger partial charge on any atom is -0.462 e. The number of anilines is 1. The number of aryl methyl sites for hydroxylation is 1. The zero-order chi connectivity index (χ0) is 23.3. The topological polar surface area (TPSA) is 83.9 Å². The summed E-state index contributed by atoms with van der Waals surface area (Å²) in [5, 5.41) is 2.83. The molecule has 0 bridgehead atoms. The summed E-state index contributed by atoms with van der Waals surface area (Å²) >= 11 is 0. The van der Waals surface area contributed by atoms with Crippen LogP contribution < -0.4 is 5.32 Å². The number of amides is 3. The van der Waals surface area contributed by atoms with Crippen molar-refractivity contribution in [2.24, 2.45) is 7.05 Å². The van der Waals surface area contributed by atoms with Gasteiger partial charge in [0.25, 0.3) is 0 Å². The Hall–Kier alpha value is -3.29. The Labute approximate surface area is 189 Å². The van der Waals surface area contributed by atoms with Crippen LogP contribution in [0.2, 0.25) is 0 Å². The quantitative estimate of drug-likeness (QED) is 0.604. The van der Waals surface area contributed by atoms with Gasteiger partial charge in [-0.1, -0.05) is 0 Å². The lowest BCUT2D eigenvalue weighted by Crippen LogP contribution is -2.48. The van der Waals surface area contributed by atoms with Crippen LogP contribution in [0.5, 0.6) is 0 Å². The van der Waals surface area contributed by atoms with Crippen molar-refractivity contribution in [1.29, 1.82) is 0 Å². The number of ether oxygens (including phenoxy) is 1. The first kappa shape index (κ1) is 23.4. The molecule has 1 saturated carbocycles. The van der Waals surface area contributed by atoms with Gasteiger partial charge in [0.05, 0.1) is 18.7 Å². The van der Waals surface area contributed by atoms with E-state index in [1.54, 1.807) is 31.2 Å². The summed E-state index contributed by atoms with van der Waals surface area (Å²) in [5.41, 5.74) is 2.03. The number of benzene rings is 1. The number of nitrogens with one attached hydrogen (secondary N) is 1. The van der Waals surface area contributed by atoms with Crippen LogP contribution in [0.3, 0.4) is 0 Å². The van der Waals surface area contributed by atoms with Gasteiger partial charge in [-0.2, -0.15) is 0 Å². The van der Waals surface area contributed by atoms with Crippen molar-refractivity contribution >= 4 is 23.6 Å². The van der Waals surface area contributed by atoms with E-state index in [2.05, 4.69) is 5.32 Å². The van der Waals surface area contributed by atoms with Crippen LogP contribution in [0.1, 0.15) is 49.7 Å². The third-order valence-electron chi connectivity index (χ3n) is 5.53. The van der Waals surface area contributed by atoms with Gasteiger partial charge in [-0.05, 0) is 70.0 Å². The van der Waals surface area contributed by atoms with Gasteiger partial charge in [-0.3, -0.25) is 4.79 Å². The van der Waals surface area contributed by atoms with Crippen molar-refractivity contribution < 1.29 is 19.1 Å². The van der Waals surface area contributed by atoms with Gasteiger partial charge in [0.2, 0.25) is 5.91 Å². The lowest BCUT2D eigenvalue weighted by atomic mass is 10.2. The molecule has 2 aromatic rings. The molecular formula is C24H32N4O4. The summed E-state index contributed by atoms with van der Waals surface area (Å²) < 4.78 is 6.99. The Balaban J connectivity index is 1.65. The SMILES string of the molecule is CCOC(=O)c1ccc(NC(=O)N(CC(=O)N(Cc2cccn2C)C2CC2)C(C)C)cc1. The Kier molecular flexibility index (Phi) is 7.56. The molecule has 1 aliphatic rings. The van der Waals surface area contributed by atoms with Crippen molar-refractivity contribution in [3.63, 3.8) is 0 Å². The Morgan fingerprint density at radius 3 is 2.38 bits per heavy atom. The molecule has 0 unspecified atom stereocenters. The van der Waals surface area contributed by atoms with Crippen LogP contribution in [0.15, 0.2) is 42.6 Å². The number of carbonyl (C=O) groups excluding carboxylic acids is 3. The minimum absolute atomic E-state index is 0.00529. The fourth-order valence-electron chi connectivity index (χ4n) is 3.47. The van der Waals surface area contributed by atoms with E-state index in [1.165, 1.54) is 4.90 Å². The molecular weight excluding hydrogens is 408 g/mol. The lowest BCUT2D eigenvalue weighted by molar-refractivity contribution is -0.133. The van der Waals surface area contributed by atoms with Crippen LogP contribution >= 0.6 is 0 Å². The molecule has 1 aromatic carbocycles. The van der Waals surface area contributed by atoms with E-state index >= 15 is 0 Å². The second-order valence-electron chi connectivity index (χ2n) is 8.31. The highest BCUT2D eigenvalue weighted by molar-refractivity contribution is 5.94. The zero-order valence-electron chi connectivity index (χ0n) is 19.2. The average Bonchev–Trinajstić information content (AvgIpc) is 3.52. The van der Waals surface area contributed by atoms with Gasteiger partial charge in [-0.25, -0.2) is 9.59 Å². The van der Waals surface area contributed by atoms with Crippen molar-refractivity contribution in [3.05, 3.63) is 53.9 Å². The van der Waals surface area contributed by atoms with Gasteiger partial charge in [-0.15, -0.1) is 0 Å². The van der Waals surface area contributed by atoms with E-state index in [0.29, 0.717) is 24.4 Å². The van der Waals surface area contributed by atoms with Crippen LogP contribution in [0, 0.1) is 0 Å². The minimum atomic E-state index is -0.404. The molecule has 3 amide bonds. The first-order valence-electron chi connectivity index (χ1n) is 11.0. The molecule has 1 aromatic heterocycles. The molecule has 1 aliphatic carbocycles. The van der Waals surface area contributed by atoms with Gasteiger partial charge in [0.15, 0.2) is 0 Å². The molecule has 32 heavy (non-hydrogen) atoms. The highest BCUT2D eigenvalue weighted by Crippen LogP contribution is 2.29. The smallest absolute Gasteiger partial charge is 0.338 e. The van der Waals surface area contributed by atoms with Crippen molar-refractivity contribution in [1.82, 2.24) is 14.4 Å². The maximum Gasteiger partial charge on any atom is 0.338 e. The lowest BCUT2D eigenvalue weighted by Gasteiger charge is -2.30. The Morgan fingerprint density at radius 2 is 1.84 bits per heavy atom. The monoisotopic (exact) mass is 440 g/mol. The van der Waals surface area contributed by atoms with Crippen molar-refractivity contribution in [2.45, 2.75) is 52.2 Å². The average molecular weight is 441 g/mol. The zero-order valence-corrected chi connectivity index (χ0v) is 19.2. The fourth-order valence-corrected chi connectivity index (χ4v) is 3.47. The summed E-state index contributed by atoms with van der Waals surface area (Å²) in [5.74, 6) is -0.464. The maximum atomic E-state index is 13.2. The highest BCUT2D eigenvalue weighted by Gasteiger charge is 2.34. The molecule has 0 aliphatic heterocycles. The first-order chi connectivity index (χ1) is 15.3.